The summed E-state index contributed by atoms with van der Waals surface area (Å²) in [4.78, 5) is 0. The van der Waals surface area contributed by atoms with Crippen LogP contribution in [0.25, 0.3) is 0 Å². The number of aromatic nitrogens is 2. The van der Waals surface area contributed by atoms with E-state index in [9.17, 15) is 31.4 Å². The second-order valence-corrected chi connectivity index (χ2v) is 4.44. The van der Waals surface area contributed by atoms with Gasteiger partial charge >= 0.3 is 12.4 Å². The molecular weight excluding hydrogens is 290 g/mol. The van der Waals surface area contributed by atoms with E-state index in [1.807, 2.05) is 0 Å². The maximum atomic E-state index is 12.4. The van der Waals surface area contributed by atoms with Crippen LogP contribution in [0.4, 0.5) is 26.3 Å². The van der Waals surface area contributed by atoms with Crippen LogP contribution >= 0.6 is 0 Å². The molecule has 1 aromatic rings. The summed E-state index contributed by atoms with van der Waals surface area (Å²) in [5.41, 5.74) is 0.651. The molecule has 0 aliphatic heterocycles. The zero-order valence-electron chi connectivity index (χ0n) is 10.8. The van der Waals surface area contributed by atoms with Crippen molar-refractivity contribution in [2.24, 2.45) is 13.0 Å². The number of aryl methyl sites for hydroxylation is 2. The van der Waals surface area contributed by atoms with Gasteiger partial charge in [-0.1, -0.05) is 6.92 Å². The molecule has 0 radical (unpaired) electrons. The van der Waals surface area contributed by atoms with Crippen molar-refractivity contribution in [2.75, 3.05) is 0 Å². The zero-order chi connectivity index (χ0) is 15.7. The number of aliphatic hydroxyl groups excluding tert-OH is 1. The molecule has 1 unspecified atom stereocenters. The van der Waals surface area contributed by atoms with E-state index >= 15 is 0 Å². The molecule has 1 N–H and O–H groups in total. The minimum absolute atomic E-state index is 0.118. The highest BCUT2D eigenvalue weighted by molar-refractivity contribution is 5.11. The molecule has 116 valence electrons. The van der Waals surface area contributed by atoms with Crippen LogP contribution in [-0.4, -0.2) is 33.3 Å². The normalized spacial score (nSPS) is 14.9. The van der Waals surface area contributed by atoms with Crippen LogP contribution in [0.5, 0.6) is 0 Å². The smallest absolute Gasteiger partial charge is 0.392 e. The molecule has 1 aromatic heterocycles. The van der Waals surface area contributed by atoms with Gasteiger partial charge in [-0.25, -0.2) is 0 Å². The van der Waals surface area contributed by atoms with Crippen LogP contribution in [0.15, 0.2) is 6.07 Å². The number of nitrogens with zero attached hydrogens (tertiary/aromatic N) is 2. The van der Waals surface area contributed by atoms with E-state index in [1.165, 1.54) is 17.8 Å². The van der Waals surface area contributed by atoms with Crippen molar-refractivity contribution in [1.82, 2.24) is 9.78 Å². The van der Waals surface area contributed by atoms with Gasteiger partial charge in [0.15, 0.2) is 5.92 Å². The van der Waals surface area contributed by atoms with Crippen LogP contribution in [0.1, 0.15) is 18.3 Å². The first-order chi connectivity index (χ1) is 8.96. The topological polar surface area (TPSA) is 38.0 Å². The van der Waals surface area contributed by atoms with Gasteiger partial charge in [-0.05, 0) is 12.5 Å². The highest BCUT2D eigenvalue weighted by atomic mass is 19.4. The van der Waals surface area contributed by atoms with E-state index < -0.39 is 30.8 Å². The number of hydrogen-bond donors (Lipinski definition) is 1. The molecule has 20 heavy (non-hydrogen) atoms. The molecule has 0 saturated heterocycles. The number of hydrogen-bond acceptors (Lipinski definition) is 2. The Bertz CT molecular complexity index is 437. The second-order valence-electron chi connectivity index (χ2n) is 4.44. The fraction of sp³-hybridized carbons (Fsp3) is 0.727. The van der Waals surface area contributed by atoms with Gasteiger partial charge in [0.1, 0.15) is 0 Å². The number of rotatable bonds is 4. The summed E-state index contributed by atoms with van der Waals surface area (Å²) in [6.45, 7) is 1.75. The summed E-state index contributed by atoms with van der Waals surface area (Å²) >= 11 is 0. The molecule has 0 spiro atoms. The number of halogens is 6. The molecule has 1 atom stereocenters. The van der Waals surface area contributed by atoms with Gasteiger partial charge in [-0.15, -0.1) is 0 Å². The Balaban J connectivity index is 2.97. The van der Waals surface area contributed by atoms with Crippen LogP contribution in [0.3, 0.4) is 0 Å². The summed E-state index contributed by atoms with van der Waals surface area (Å²) in [7, 11) is 1.40. The van der Waals surface area contributed by atoms with Gasteiger partial charge in [0, 0.05) is 19.2 Å². The highest BCUT2D eigenvalue weighted by Crippen LogP contribution is 2.42. The lowest BCUT2D eigenvalue weighted by Gasteiger charge is -2.27. The molecule has 0 saturated carbocycles. The van der Waals surface area contributed by atoms with Crippen LogP contribution in [0.2, 0.25) is 0 Å². The molecule has 0 bridgehead atoms. The highest BCUT2D eigenvalue weighted by Gasteiger charge is 2.60. The van der Waals surface area contributed by atoms with Gasteiger partial charge in [-0.3, -0.25) is 4.68 Å². The largest absolute Gasteiger partial charge is 0.403 e. The second kappa shape index (κ2) is 5.63. The number of alkyl halides is 6. The fourth-order valence-electron chi connectivity index (χ4n) is 1.89. The third-order valence-corrected chi connectivity index (χ3v) is 2.90. The van der Waals surface area contributed by atoms with Crippen LogP contribution in [0, 0.1) is 5.92 Å². The molecule has 0 amide bonds. The van der Waals surface area contributed by atoms with Crippen LogP contribution in [-0.2, 0) is 19.9 Å². The molecule has 3 nitrogen and oxygen atoms in total. The number of aliphatic hydroxyl groups is 1. The van der Waals surface area contributed by atoms with Crippen molar-refractivity contribution < 1.29 is 31.4 Å². The Kier molecular flexibility index (Phi) is 4.73. The van der Waals surface area contributed by atoms with Gasteiger partial charge < -0.3 is 5.11 Å². The predicted octanol–water partition coefficient (Wildman–Crippen LogP) is 2.63. The summed E-state index contributed by atoms with van der Waals surface area (Å²) in [5, 5.41) is 13.3. The van der Waals surface area contributed by atoms with Crippen molar-refractivity contribution in [2.45, 2.75) is 38.2 Å². The SMILES string of the molecule is CCc1cc(CC(O)C(C(F)(F)F)C(F)(F)F)n(C)n1. The van der Waals surface area contributed by atoms with E-state index in [0.717, 1.165) is 0 Å². The van der Waals surface area contributed by atoms with E-state index in [1.54, 1.807) is 6.92 Å². The Labute approximate surface area is 111 Å². The standard InChI is InChI=1S/C11H14F6N2O/c1-3-6-4-7(19(2)18-6)5-8(20)9(10(12,13)14)11(15,16)17/h4,8-9,20H,3,5H2,1-2H3. The summed E-state index contributed by atoms with van der Waals surface area (Å²) in [6.07, 6.45) is -14.0. The van der Waals surface area contributed by atoms with Crippen molar-refractivity contribution in [1.29, 1.82) is 0 Å². The van der Waals surface area contributed by atoms with Crippen molar-refractivity contribution in [3.05, 3.63) is 17.5 Å². The molecular formula is C11H14F6N2O. The molecule has 9 heteroatoms. The molecule has 1 rings (SSSR count). The minimum atomic E-state index is -5.55. The molecule has 0 fully saturated rings. The van der Waals surface area contributed by atoms with Gasteiger partial charge in [0.25, 0.3) is 0 Å². The predicted molar refractivity (Wildman–Crippen MR) is 57.9 cm³/mol. The van der Waals surface area contributed by atoms with Crippen LogP contribution < -0.4 is 0 Å². The fourth-order valence-corrected chi connectivity index (χ4v) is 1.89. The Hall–Kier alpha value is -1.25. The van der Waals surface area contributed by atoms with Crippen molar-refractivity contribution in [3.63, 3.8) is 0 Å². The van der Waals surface area contributed by atoms with Gasteiger partial charge in [0.05, 0.1) is 11.8 Å². The van der Waals surface area contributed by atoms with Crippen molar-refractivity contribution in [3.8, 4) is 0 Å². The van der Waals surface area contributed by atoms with Crippen molar-refractivity contribution >= 4 is 0 Å². The van der Waals surface area contributed by atoms with Gasteiger partial charge in [-0.2, -0.15) is 31.4 Å². The zero-order valence-corrected chi connectivity index (χ0v) is 10.8. The lowest BCUT2D eigenvalue weighted by Crippen LogP contribution is -2.45. The van der Waals surface area contributed by atoms with E-state index in [2.05, 4.69) is 5.10 Å². The Morgan fingerprint density at radius 1 is 1.20 bits per heavy atom. The van der Waals surface area contributed by atoms with E-state index in [-0.39, 0.29) is 5.69 Å². The lowest BCUT2D eigenvalue weighted by molar-refractivity contribution is -0.305. The Morgan fingerprint density at radius 3 is 2.05 bits per heavy atom. The summed E-state index contributed by atoms with van der Waals surface area (Å²) in [6, 6.07) is 1.38. The lowest BCUT2D eigenvalue weighted by atomic mass is 9.97. The first kappa shape index (κ1) is 16.8. The maximum Gasteiger partial charge on any atom is 0.403 e. The van der Waals surface area contributed by atoms with Gasteiger partial charge in [0.2, 0.25) is 0 Å². The minimum Gasteiger partial charge on any atom is -0.392 e. The quantitative estimate of drug-likeness (QED) is 0.868. The first-order valence-corrected chi connectivity index (χ1v) is 5.80. The average molecular weight is 304 g/mol. The maximum absolute atomic E-state index is 12.4. The first-order valence-electron chi connectivity index (χ1n) is 5.80. The third kappa shape index (κ3) is 3.87. The van der Waals surface area contributed by atoms with E-state index in [4.69, 9.17) is 0 Å². The third-order valence-electron chi connectivity index (χ3n) is 2.90. The van der Waals surface area contributed by atoms with E-state index in [0.29, 0.717) is 12.1 Å². The average Bonchev–Trinajstić information content (AvgIpc) is 2.55. The Morgan fingerprint density at radius 2 is 1.70 bits per heavy atom. The summed E-state index contributed by atoms with van der Waals surface area (Å²) < 4.78 is 75.8. The molecule has 1 heterocycles. The monoisotopic (exact) mass is 304 g/mol. The molecule has 0 aromatic carbocycles. The molecule has 0 aliphatic carbocycles. The molecule has 0 aliphatic rings. The summed E-state index contributed by atoms with van der Waals surface area (Å²) in [5.74, 6) is -3.77.